The topological polar surface area (TPSA) is 90.0 Å². The van der Waals surface area contributed by atoms with Crippen LogP contribution in [0.15, 0.2) is 53.7 Å². The predicted molar refractivity (Wildman–Crippen MR) is 111 cm³/mol. The molecule has 4 rings (SSSR count). The molecule has 0 saturated carbocycles. The van der Waals surface area contributed by atoms with Gasteiger partial charge in [0.15, 0.2) is 5.82 Å². The zero-order chi connectivity index (χ0) is 20.6. The Bertz CT molecular complexity index is 1060. The summed E-state index contributed by atoms with van der Waals surface area (Å²) in [4.78, 5) is 20.9. The van der Waals surface area contributed by atoms with E-state index in [9.17, 15) is 4.79 Å². The normalized spacial score (nSPS) is 17.4. The Labute approximate surface area is 169 Å². The van der Waals surface area contributed by atoms with Crippen molar-refractivity contribution >= 4 is 12.6 Å². The van der Waals surface area contributed by atoms with Crippen LogP contribution in [0.3, 0.4) is 0 Å². The van der Waals surface area contributed by atoms with Gasteiger partial charge in [0.1, 0.15) is 0 Å². The smallest absolute Gasteiger partial charge is 0.399 e. The van der Waals surface area contributed by atoms with E-state index in [1.54, 1.807) is 24.7 Å². The number of hydrogen-bond donors (Lipinski definition) is 1. The third-order valence-electron chi connectivity index (χ3n) is 5.58. The van der Waals surface area contributed by atoms with E-state index in [2.05, 4.69) is 20.2 Å². The van der Waals surface area contributed by atoms with E-state index in [0.717, 1.165) is 16.6 Å². The maximum Gasteiger partial charge on any atom is 0.498 e. The molecular weight excluding hydrogens is 367 g/mol. The van der Waals surface area contributed by atoms with Crippen molar-refractivity contribution in [2.75, 3.05) is 0 Å². The van der Waals surface area contributed by atoms with Gasteiger partial charge in [0.05, 0.1) is 11.2 Å². The van der Waals surface area contributed by atoms with Gasteiger partial charge in [-0.25, -0.2) is 15.1 Å². The number of rotatable bonds is 4. The molecule has 148 valence electrons. The molecule has 1 N–H and O–H groups in total. The maximum atomic E-state index is 11.9. The molecule has 0 aliphatic carbocycles. The van der Waals surface area contributed by atoms with E-state index in [1.165, 1.54) is 0 Å². The minimum atomic E-state index is -0.487. The summed E-state index contributed by atoms with van der Waals surface area (Å²) in [6.45, 7) is 8.06. The molecule has 0 amide bonds. The summed E-state index contributed by atoms with van der Waals surface area (Å²) in [7, 11) is -0.487. The molecular formula is C21H23BN4O3. The average molecular weight is 390 g/mol. The van der Waals surface area contributed by atoms with Gasteiger partial charge in [-0.2, -0.15) is 5.10 Å². The minimum absolute atomic E-state index is 0.180. The van der Waals surface area contributed by atoms with Crippen molar-refractivity contribution in [1.82, 2.24) is 20.2 Å². The molecule has 2 aromatic heterocycles. The second-order valence-electron chi connectivity index (χ2n) is 8.22. The number of H-pyrrole nitrogens is 1. The van der Waals surface area contributed by atoms with Gasteiger partial charge in [0.25, 0.3) is 5.56 Å². The van der Waals surface area contributed by atoms with Crippen molar-refractivity contribution in [3.63, 3.8) is 0 Å². The lowest BCUT2D eigenvalue weighted by Crippen LogP contribution is -2.41. The summed E-state index contributed by atoms with van der Waals surface area (Å²) < 4.78 is 12.1. The fourth-order valence-corrected chi connectivity index (χ4v) is 3.14. The van der Waals surface area contributed by atoms with Gasteiger partial charge < -0.3 is 9.31 Å². The molecule has 1 fully saturated rings. The van der Waals surface area contributed by atoms with Crippen LogP contribution in [-0.4, -0.2) is 38.5 Å². The van der Waals surface area contributed by atoms with Crippen LogP contribution in [0.5, 0.6) is 0 Å². The first-order valence-electron chi connectivity index (χ1n) is 9.55. The predicted octanol–water partition coefficient (Wildman–Crippen LogP) is 2.12. The number of nitrogens with zero attached hydrogens (tertiary/aromatic N) is 3. The largest absolute Gasteiger partial charge is 0.498 e. The minimum Gasteiger partial charge on any atom is -0.399 e. The van der Waals surface area contributed by atoms with Gasteiger partial charge in [-0.05, 0) is 45.4 Å². The highest BCUT2D eigenvalue weighted by molar-refractivity contribution is 6.61. The van der Waals surface area contributed by atoms with E-state index < -0.39 is 18.3 Å². The summed E-state index contributed by atoms with van der Waals surface area (Å²) >= 11 is 0. The van der Waals surface area contributed by atoms with E-state index in [0.29, 0.717) is 17.8 Å². The molecule has 8 heteroatoms. The lowest BCUT2D eigenvalue weighted by Gasteiger charge is -2.32. The van der Waals surface area contributed by atoms with Crippen LogP contribution in [0.4, 0.5) is 0 Å². The van der Waals surface area contributed by atoms with Gasteiger partial charge >= 0.3 is 7.12 Å². The molecule has 29 heavy (non-hydrogen) atoms. The Balaban J connectivity index is 1.54. The number of aromatic amines is 1. The fraction of sp³-hybridized carbons (Fsp3) is 0.333. The molecule has 0 radical (unpaired) electrons. The molecule has 3 aromatic rings. The molecule has 1 aliphatic rings. The van der Waals surface area contributed by atoms with Crippen molar-refractivity contribution in [3.05, 3.63) is 70.4 Å². The zero-order valence-corrected chi connectivity index (χ0v) is 17.0. The van der Waals surface area contributed by atoms with Gasteiger partial charge in [-0.3, -0.25) is 4.79 Å². The highest BCUT2D eigenvalue weighted by Gasteiger charge is 2.51. The van der Waals surface area contributed by atoms with Crippen molar-refractivity contribution in [3.8, 4) is 11.4 Å². The zero-order valence-electron chi connectivity index (χ0n) is 17.0. The molecule has 1 saturated heterocycles. The number of nitrogens with one attached hydrogen (secondary N) is 1. The third-order valence-corrected chi connectivity index (χ3v) is 5.58. The number of hydrogen-bond acceptors (Lipinski definition) is 6. The summed E-state index contributed by atoms with van der Waals surface area (Å²) in [5, 5.41) is 6.19. The fourth-order valence-electron chi connectivity index (χ4n) is 3.14. The molecule has 0 unspecified atom stereocenters. The van der Waals surface area contributed by atoms with Crippen LogP contribution < -0.4 is 11.0 Å². The standard InChI is InChI=1S/C21H23BN4O3/c1-20(2)21(3,4)29-22(28-20)17-12-23-18(24-13-17)15-7-5-6-14(10-15)11-16-8-9-25-26-19(16)27/h5-10,12-13H,11H2,1-4H3,(H,26,27). The van der Waals surface area contributed by atoms with Gasteiger partial charge in [-0.15, -0.1) is 0 Å². The van der Waals surface area contributed by atoms with Gasteiger partial charge in [-0.1, -0.05) is 18.2 Å². The van der Waals surface area contributed by atoms with Gasteiger partial charge in [0, 0.05) is 41.6 Å². The second kappa shape index (κ2) is 7.20. The van der Waals surface area contributed by atoms with Crippen LogP contribution in [0.1, 0.15) is 38.8 Å². The Hall–Kier alpha value is -2.84. The molecule has 0 bridgehead atoms. The Morgan fingerprint density at radius 1 is 1.03 bits per heavy atom. The lowest BCUT2D eigenvalue weighted by molar-refractivity contribution is 0.00578. The number of aromatic nitrogens is 4. The molecule has 1 aromatic carbocycles. The SMILES string of the molecule is CC1(C)OB(c2cnc(-c3cccc(Cc4ccn[nH]c4=O)c3)nc2)OC1(C)C. The first-order chi connectivity index (χ1) is 13.7. The highest BCUT2D eigenvalue weighted by atomic mass is 16.7. The number of benzene rings is 1. The van der Waals surface area contributed by atoms with Crippen LogP contribution in [0, 0.1) is 0 Å². The van der Waals surface area contributed by atoms with Crippen molar-refractivity contribution in [1.29, 1.82) is 0 Å². The van der Waals surface area contributed by atoms with Crippen LogP contribution >= 0.6 is 0 Å². The van der Waals surface area contributed by atoms with Crippen LogP contribution in [0.25, 0.3) is 11.4 Å². The first-order valence-corrected chi connectivity index (χ1v) is 9.55. The quantitative estimate of drug-likeness (QED) is 0.687. The van der Waals surface area contributed by atoms with Crippen molar-refractivity contribution in [2.45, 2.75) is 45.3 Å². The molecule has 0 atom stereocenters. The monoisotopic (exact) mass is 390 g/mol. The summed E-state index contributed by atoms with van der Waals surface area (Å²) in [5.74, 6) is 0.607. The summed E-state index contributed by atoms with van der Waals surface area (Å²) in [6.07, 6.45) is 5.57. The highest BCUT2D eigenvalue weighted by Crippen LogP contribution is 2.36. The molecule has 1 aliphatic heterocycles. The Kier molecular flexibility index (Phi) is 4.84. The average Bonchev–Trinajstić information content (AvgIpc) is 2.91. The summed E-state index contributed by atoms with van der Waals surface area (Å²) in [6, 6.07) is 9.57. The van der Waals surface area contributed by atoms with Gasteiger partial charge in [0.2, 0.25) is 0 Å². The maximum absolute atomic E-state index is 11.9. The van der Waals surface area contributed by atoms with Crippen molar-refractivity contribution in [2.24, 2.45) is 0 Å². The van der Waals surface area contributed by atoms with Crippen LogP contribution in [0.2, 0.25) is 0 Å². The molecule has 7 nitrogen and oxygen atoms in total. The Morgan fingerprint density at radius 2 is 1.72 bits per heavy atom. The Morgan fingerprint density at radius 3 is 2.38 bits per heavy atom. The first kappa shape index (κ1) is 19.5. The second-order valence-corrected chi connectivity index (χ2v) is 8.22. The van der Waals surface area contributed by atoms with E-state index in [-0.39, 0.29) is 5.56 Å². The summed E-state index contributed by atoms with van der Waals surface area (Å²) in [5.41, 5.74) is 2.33. The lowest BCUT2D eigenvalue weighted by atomic mass is 9.81. The van der Waals surface area contributed by atoms with E-state index in [4.69, 9.17) is 9.31 Å². The van der Waals surface area contributed by atoms with E-state index in [1.807, 2.05) is 52.0 Å². The third kappa shape index (κ3) is 3.86. The molecule has 3 heterocycles. The molecule has 0 spiro atoms. The van der Waals surface area contributed by atoms with Crippen molar-refractivity contribution < 1.29 is 9.31 Å². The van der Waals surface area contributed by atoms with Crippen LogP contribution in [-0.2, 0) is 15.7 Å². The van der Waals surface area contributed by atoms with E-state index >= 15 is 0 Å².